The van der Waals surface area contributed by atoms with E-state index in [2.05, 4.69) is 11.4 Å². The number of carbonyl (C=O) groups excluding carboxylic acids is 2. The van der Waals surface area contributed by atoms with Gasteiger partial charge in [0.15, 0.2) is 0 Å². The van der Waals surface area contributed by atoms with Crippen molar-refractivity contribution in [2.45, 2.75) is 51.7 Å². The zero-order valence-corrected chi connectivity index (χ0v) is 20.4. The first kappa shape index (κ1) is 23.8. The fourth-order valence-corrected chi connectivity index (χ4v) is 5.52. The van der Waals surface area contributed by atoms with Crippen LogP contribution in [0, 0.1) is 5.92 Å². The fourth-order valence-electron chi connectivity index (χ4n) is 4.59. The summed E-state index contributed by atoms with van der Waals surface area (Å²) in [4.78, 5) is 31.5. The topological polar surface area (TPSA) is 59.1 Å². The first-order valence-electron chi connectivity index (χ1n) is 11.9. The summed E-state index contributed by atoms with van der Waals surface area (Å²) in [5.41, 5.74) is 1.16. The van der Waals surface area contributed by atoms with Crippen LogP contribution in [-0.4, -0.2) is 60.6 Å². The molecule has 0 aliphatic carbocycles. The lowest BCUT2D eigenvalue weighted by Crippen LogP contribution is -2.49. The van der Waals surface area contributed by atoms with Crippen LogP contribution in [0.15, 0.2) is 41.8 Å². The van der Waals surface area contributed by atoms with E-state index in [1.165, 1.54) is 4.88 Å². The van der Waals surface area contributed by atoms with Crippen molar-refractivity contribution in [3.63, 3.8) is 0 Å². The van der Waals surface area contributed by atoms with E-state index in [4.69, 9.17) is 9.47 Å². The van der Waals surface area contributed by atoms with Crippen molar-refractivity contribution in [3.8, 4) is 5.75 Å². The average molecular weight is 471 g/mol. The molecule has 0 bridgehead atoms. The van der Waals surface area contributed by atoms with Crippen molar-refractivity contribution >= 4 is 23.2 Å². The highest BCUT2D eigenvalue weighted by molar-refractivity contribution is 7.10. The smallest absolute Gasteiger partial charge is 0.242 e. The van der Waals surface area contributed by atoms with Gasteiger partial charge in [-0.3, -0.25) is 9.59 Å². The van der Waals surface area contributed by atoms with Gasteiger partial charge in [0, 0.05) is 31.0 Å². The van der Waals surface area contributed by atoms with Gasteiger partial charge in [-0.2, -0.15) is 0 Å². The van der Waals surface area contributed by atoms with Crippen molar-refractivity contribution in [2.24, 2.45) is 5.92 Å². The van der Waals surface area contributed by atoms with Crippen molar-refractivity contribution in [3.05, 3.63) is 52.2 Å². The Kier molecular flexibility index (Phi) is 8.04. The third kappa shape index (κ3) is 6.15. The summed E-state index contributed by atoms with van der Waals surface area (Å²) < 4.78 is 11.8. The highest BCUT2D eigenvalue weighted by atomic mass is 32.1. The Labute approximate surface area is 200 Å². The SMILES string of the molecule is CC(C)CC(=O)N(CC(=O)N1CCc2sccc2[C@H]1COc1ccccc1)C[C@@H]1CCCO1. The van der Waals surface area contributed by atoms with Crippen LogP contribution in [0.1, 0.15) is 49.6 Å². The monoisotopic (exact) mass is 470 g/mol. The summed E-state index contributed by atoms with van der Waals surface area (Å²) in [6.45, 7) is 6.41. The number of benzene rings is 1. The number of carbonyl (C=O) groups is 2. The number of rotatable bonds is 9. The maximum absolute atomic E-state index is 13.6. The van der Waals surface area contributed by atoms with Crippen LogP contribution in [0.25, 0.3) is 0 Å². The Bertz CT molecular complexity index is 923. The van der Waals surface area contributed by atoms with Crippen LogP contribution in [0.3, 0.4) is 0 Å². The van der Waals surface area contributed by atoms with E-state index in [1.54, 1.807) is 16.2 Å². The Morgan fingerprint density at radius 3 is 2.79 bits per heavy atom. The molecule has 1 aromatic carbocycles. The molecule has 3 heterocycles. The summed E-state index contributed by atoms with van der Waals surface area (Å²) in [7, 11) is 0. The second kappa shape index (κ2) is 11.2. The van der Waals surface area contributed by atoms with Gasteiger partial charge >= 0.3 is 0 Å². The predicted molar refractivity (Wildman–Crippen MR) is 129 cm³/mol. The van der Waals surface area contributed by atoms with Crippen molar-refractivity contribution in [1.82, 2.24) is 9.80 Å². The van der Waals surface area contributed by atoms with E-state index in [1.807, 2.05) is 49.1 Å². The molecule has 0 N–H and O–H groups in total. The molecule has 1 aromatic heterocycles. The Morgan fingerprint density at radius 2 is 2.06 bits per heavy atom. The van der Waals surface area contributed by atoms with Crippen molar-refractivity contribution in [1.29, 1.82) is 0 Å². The Balaban J connectivity index is 1.48. The lowest BCUT2D eigenvalue weighted by Gasteiger charge is -2.37. The molecule has 0 saturated carbocycles. The summed E-state index contributed by atoms with van der Waals surface area (Å²) in [6.07, 6.45) is 3.25. The molecule has 7 heteroatoms. The fraction of sp³-hybridized carbons (Fsp3) is 0.538. The molecule has 33 heavy (non-hydrogen) atoms. The highest BCUT2D eigenvalue weighted by Crippen LogP contribution is 2.34. The molecule has 0 unspecified atom stereocenters. The quantitative estimate of drug-likeness (QED) is 0.548. The molecular weight excluding hydrogens is 436 g/mol. The van der Waals surface area contributed by atoms with Crippen LogP contribution in [0.2, 0.25) is 0 Å². The van der Waals surface area contributed by atoms with E-state index in [0.717, 1.165) is 37.2 Å². The minimum Gasteiger partial charge on any atom is -0.491 e. The lowest BCUT2D eigenvalue weighted by molar-refractivity contribution is -0.144. The van der Waals surface area contributed by atoms with E-state index < -0.39 is 0 Å². The normalized spacial score (nSPS) is 20.0. The lowest BCUT2D eigenvalue weighted by atomic mass is 10.00. The maximum Gasteiger partial charge on any atom is 0.242 e. The molecule has 2 atom stereocenters. The van der Waals surface area contributed by atoms with E-state index in [0.29, 0.717) is 26.1 Å². The minimum absolute atomic E-state index is 0.0240. The minimum atomic E-state index is -0.155. The standard InChI is InChI=1S/C26H34N2O4S/c1-19(2)15-25(29)27(16-21-9-6-13-31-21)17-26(30)28-12-10-24-22(11-14-33-24)23(28)18-32-20-7-4-3-5-8-20/h3-5,7-8,11,14,19,21,23H,6,9-10,12-13,15-18H2,1-2H3/t21-,23+/m0/s1. The number of nitrogens with zero attached hydrogens (tertiary/aromatic N) is 2. The van der Waals surface area contributed by atoms with Crippen molar-refractivity contribution in [2.75, 3.05) is 32.8 Å². The molecule has 2 aliphatic heterocycles. The van der Waals surface area contributed by atoms with Crippen LogP contribution in [0.4, 0.5) is 0 Å². The van der Waals surface area contributed by atoms with Gasteiger partial charge in [-0.1, -0.05) is 32.0 Å². The van der Waals surface area contributed by atoms with Gasteiger partial charge in [-0.05, 0) is 54.3 Å². The largest absolute Gasteiger partial charge is 0.491 e. The predicted octanol–water partition coefficient (Wildman–Crippen LogP) is 4.31. The van der Waals surface area contributed by atoms with Crippen LogP contribution >= 0.6 is 11.3 Å². The van der Waals surface area contributed by atoms with E-state index >= 15 is 0 Å². The zero-order chi connectivity index (χ0) is 23.2. The van der Waals surface area contributed by atoms with Gasteiger partial charge in [-0.15, -0.1) is 11.3 Å². The summed E-state index contributed by atoms with van der Waals surface area (Å²) in [5, 5.41) is 2.09. The number of amides is 2. The van der Waals surface area contributed by atoms with Gasteiger partial charge in [-0.25, -0.2) is 0 Å². The number of ether oxygens (including phenoxy) is 2. The van der Waals surface area contributed by atoms with E-state index in [-0.39, 0.29) is 36.4 Å². The van der Waals surface area contributed by atoms with Gasteiger partial charge in [0.05, 0.1) is 18.7 Å². The maximum atomic E-state index is 13.6. The van der Waals surface area contributed by atoms with Gasteiger partial charge in [0.25, 0.3) is 0 Å². The molecule has 178 valence electrons. The molecule has 2 aliphatic rings. The second-order valence-electron chi connectivity index (χ2n) is 9.28. The number of fused-ring (bicyclic) bond motifs is 1. The molecule has 1 saturated heterocycles. The third-order valence-corrected chi connectivity index (χ3v) is 7.27. The second-order valence-corrected chi connectivity index (χ2v) is 10.3. The van der Waals surface area contributed by atoms with E-state index in [9.17, 15) is 9.59 Å². The zero-order valence-electron chi connectivity index (χ0n) is 19.6. The number of hydrogen-bond donors (Lipinski definition) is 0. The van der Waals surface area contributed by atoms with Crippen LogP contribution in [-0.2, 0) is 20.7 Å². The highest BCUT2D eigenvalue weighted by Gasteiger charge is 2.34. The number of para-hydroxylation sites is 1. The Morgan fingerprint density at radius 1 is 1.24 bits per heavy atom. The molecule has 0 spiro atoms. The van der Waals surface area contributed by atoms with Crippen molar-refractivity contribution < 1.29 is 19.1 Å². The number of hydrogen-bond acceptors (Lipinski definition) is 5. The first-order valence-corrected chi connectivity index (χ1v) is 12.8. The average Bonchev–Trinajstić information content (AvgIpc) is 3.49. The van der Waals surface area contributed by atoms with Crippen LogP contribution in [0.5, 0.6) is 5.75 Å². The summed E-state index contributed by atoms with van der Waals surface area (Å²) in [5.74, 6) is 1.04. The summed E-state index contributed by atoms with van der Waals surface area (Å²) >= 11 is 1.74. The molecule has 2 amide bonds. The molecule has 6 nitrogen and oxygen atoms in total. The Hall–Kier alpha value is -2.38. The van der Waals surface area contributed by atoms with Gasteiger partial charge in [0.2, 0.25) is 11.8 Å². The molecule has 0 radical (unpaired) electrons. The van der Waals surface area contributed by atoms with Gasteiger partial charge < -0.3 is 19.3 Å². The molecular formula is C26H34N2O4S. The summed E-state index contributed by atoms with van der Waals surface area (Å²) in [6, 6.07) is 11.6. The third-order valence-electron chi connectivity index (χ3n) is 6.28. The van der Waals surface area contributed by atoms with Crippen LogP contribution < -0.4 is 4.74 Å². The molecule has 4 rings (SSSR count). The first-order chi connectivity index (χ1) is 16.0. The molecule has 2 aromatic rings. The number of thiophene rings is 1. The van der Waals surface area contributed by atoms with Gasteiger partial charge in [0.1, 0.15) is 12.4 Å². The molecule has 1 fully saturated rings.